The molecule has 2 N–H and O–H groups in total. The molecule has 0 radical (unpaired) electrons. The second-order valence-electron chi connectivity index (χ2n) is 4.72. The Labute approximate surface area is 103 Å². The maximum atomic E-state index is 9.02. The zero-order valence-corrected chi connectivity index (χ0v) is 10.3. The molecule has 2 heterocycles. The SMILES string of the molecule is CC(CO)NC1CCN(c2ccncc2)CC1. The Kier molecular flexibility index (Phi) is 4.34. The van der Waals surface area contributed by atoms with Crippen molar-refractivity contribution in [3.8, 4) is 0 Å². The molecule has 1 aromatic heterocycles. The molecule has 1 aliphatic heterocycles. The molecule has 1 saturated heterocycles. The summed E-state index contributed by atoms with van der Waals surface area (Å²) in [6.45, 7) is 4.37. The van der Waals surface area contributed by atoms with Gasteiger partial charge in [0.1, 0.15) is 0 Å². The highest BCUT2D eigenvalue weighted by Crippen LogP contribution is 2.18. The molecule has 0 saturated carbocycles. The van der Waals surface area contributed by atoms with Gasteiger partial charge in [-0.15, -0.1) is 0 Å². The third kappa shape index (κ3) is 3.41. The van der Waals surface area contributed by atoms with Crippen LogP contribution in [0.4, 0.5) is 5.69 Å². The van der Waals surface area contributed by atoms with Crippen LogP contribution in [0.2, 0.25) is 0 Å². The monoisotopic (exact) mass is 235 g/mol. The van der Waals surface area contributed by atoms with Crippen LogP contribution >= 0.6 is 0 Å². The van der Waals surface area contributed by atoms with Gasteiger partial charge >= 0.3 is 0 Å². The molecule has 0 aromatic carbocycles. The van der Waals surface area contributed by atoms with Crippen LogP contribution in [0.25, 0.3) is 0 Å². The summed E-state index contributed by atoms with van der Waals surface area (Å²) >= 11 is 0. The van der Waals surface area contributed by atoms with E-state index in [0.29, 0.717) is 6.04 Å². The predicted octanol–water partition coefficient (Wildman–Crippen LogP) is 1.02. The van der Waals surface area contributed by atoms with Crippen molar-refractivity contribution in [3.63, 3.8) is 0 Å². The van der Waals surface area contributed by atoms with Gasteiger partial charge in [0.05, 0.1) is 6.61 Å². The minimum atomic E-state index is 0.201. The van der Waals surface area contributed by atoms with Gasteiger partial charge in [-0.25, -0.2) is 0 Å². The van der Waals surface area contributed by atoms with E-state index < -0.39 is 0 Å². The summed E-state index contributed by atoms with van der Waals surface area (Å²) in [6.07, 6.45) is 5.94. The Balaban J connectivity index is 1.82. The number of aromatic nitrogens is 1. The van der Waals surface area contributed by atoms with E-state index in [1.807, 2.05) is 19.3 Å². The number of aliphatic hydroxyl groups excluding tert-OH is 1. The van der Waals surface area contributed by atoms with Gasteiger partial charge in [0.25, 0.3) is 0 Å². The van der Waals surface area contributed by atoms with Gasteiger partial charge < -0.3 is 15.3 Å². The molecule has 0 spiro atoms. The molecule has 2 rings (SSSR count). The maximum Gasteiger partial charge on any atom is 0.0582 e. The molecule has 1 aliphatic rings. The van der Waals surface area contributed by atoms with Crippen molar-refractivity contribution in [3.05, 3.63) is 24.5 Å². The summed E-state index contributed by atoms with van der Waals surface area (Å²) in [6, 6.07) is 4.86. The quantitative estimate of drug-likeness (QED) is 0.818. The van der Waals surface area contributed by atoms with E-state index >= 15 is 0 Å². The molecule has 94 valence electrons. The average molecular weight is 235 g/mol. The largest absolute Gasteiger partial charge is 0.395 e. The first-order chi connectivity index (χ1) is 8.29. The topological polar surface area (TPSA) is 48.4 Å². The number of nitrogens with zero attached hydrogens (tertiary/aromatic N) is 2. The number of anilines is 1. The van der Waals surface area contributed by atoms with Crippen LogP contribution in [-0.4, -0.2) is 41.9 Å². The summed E-state index contributed by atoms with van der Waals surface area (Å²) in [7, 11) is 0. The van der Waals surface area contributed by atoms with Crippen LogP contribution in [0.3, 0.4) is 0 Å². The molecule has 17 heavy (non-hydrogen) atoms. The van der Waals surface area contributed by atoms with E-state index in [9.17, 15) is 0 Å². The van der Waals surface area contributed by atoms with Crippen molar-refractivity contribution in [2.24, 2.45) is 0 Å². The molecular weight excluding hydrogens is 214 g/mol. The van der Waals surface area contributed by atoms with E-state index in [2.05, 4.69) is 27.3 Å². The van der Waals surface area contributed by atoms with E-state index in [0.717, 1.165) is 25.9 Å². The van der Waals surface area contributed by atoms with Crippen molar-refractivity contribution in [2.75, 3.05) is 24.6 Å². The van der Waals surface area contributed by atoms with Gasteiger partial charge in [0.2, 0.25) is 0 Å². The Morgan fingerprint density at radius 3 is 2.65 bits per heavy atom. The van der Waals surface area contributed by atoms with Gasteiger partial charge in [-0.05, 0) is 31.9 Å². The zero-order chi connectivity index (χ0) is 12.1. The molecule has 0 aliphatic carbocycles. The minimum absolute atomic E-state index is 0.201. The van der Waals surface area contributed by atoms with E-state index in [-0.39, 0.29) is 12.6 Å². The minimum Gasteiger partial charge on any atom is -0.395 e. The number of hydrogen-bond donors (Lipinski definition) is 2. The number of rotatable bonds is 4. The maximum absolute atomic E-state index is 9.02. The fourth-order valence-corrected chi connectivity index (χ4v) is 2.31. The van der Waals surface area contributed by atoms with Crippen LogP contribution in [-0.2, 0) is 0 Å². The third-order valence-corrected chi connectivity index (χ3v) is 3.32. The second kappa shape index (κ2) is 5.98. The molecule has 0 bridgehead atoms. The molecule has 1 fully saturated rings. The highest BCUT2D eigenvalue weighted by Gasteiger charge is 2.20. The van der Waals surface area contributed by atoms with Crippen LogP contribution in [0.1, 0.15) is 19.8 Å². The van der Waals surface area contributed by atoms with Crippen molar-refractivity contribution in [1.82, 2.24) is 10.3 Å². The number of aliphatic hydroxyl groups is 1. The predicted molar refractivity (Wildman–Crippen MR) is 69.2 cm³/mol. The summed E-state index contributed by atoms with van der Waals surface area (Å²) in [5, 5.41) is 12.5. The number of pyridine rings is 1. The van der Waals surface area contributed by atoms with Gasteiger partial charge in [0, 0.05) is 43.3 Å². The van der Waals surface area contributed by atoms with Crippen molar-refractivity contribution >= 4 is 5.69 Å². The summed E-state index contributed by atoms with van der Waals surface area (Å²) in [5.41, 5.74) is 1.26. The number of nitrogens with one attached hydrogen (secondary N) is 1. The zero-order valence-electron chi connectivity index (χ0n) is 10.3. The smallest absolute Gasteiger partial charge is 0.0582 e. The van der Waals surface area contributed by atoms with E-state index in [4.69, 9.17) is 5.11 Å². The fourth-order valence-electron chi connectivity index (χ4n) is 2.31. The normalized spacial score (nSPS) is 19.3. The fraction of sp³-hybridized carbons (Fsp3) is 0.615. The van der Waals surface area contributed by atoms with Crippen LogP contribution < -0.4 is 10.2 Å². The van der Waals surface area contributed by atoms with Crippen LogP contribution in [0, 0.1) is 0 Å². The number of piperidine rings is 1. The number of hydrogen-bond acceptors (Lipinski definition) is 4. The van der Waals surface area contributed by atoms with Gasteiger partial charge in [-0.1, -0.05) is 0 Å². The van der Waals surface area contributed by atoms with E-state index in [1.165, 1.54) is 5.69 Å². The third-order valence-electron chi connectivity index (χ3n) is 3.32. The molecule has 1 atom stereocenters. The Bertz CT molecular complexity index is 323. The molecule has 1 unspecified atom stereocenters. The lowest BCUT2D eigenvalue weighted by Gasteiger charge is -2.35. The van der Waals surface area contributed by atoms with Crippen molar-refractivity contribution < 1.29 is 5.11 Å². The van der Waals surface area contributed by atoms with Gasteiger partial charge in [-0.2, -0.15) is 0 Å². The highest BCUT2D eigenvalue weighted by atomic mass is 16.3. The summed E-state index contributed by atoms with van der Waals surface area (Å²) in [4.78, 5) is 6.43. The Hall–Kier alpha value is -1.13. The lowest BCUT2D eigenvalue weighted by molar-refractivity contribution is 0.233. The first kappa shape index (κ1) is 12.3. The summed E-state index contributed by atoms with van der Waals surface area (Å²) in [5.74, 6) is 0. The highest BCUT2D eigenvalue weighted by molar-refractivity contribution is 5.44. The second-order valence-corrected chi connectivity index (χ2v) is 4.72. The molecule has 0 amide bonds. The van der Waals surface area contributed by atoms with Crippen LogP contribution in [0.5, 0.6) is 0 Å². The first-order valence-corrected chi connectivity index (χ1v) is 6.31. The standard InChI is InChI=1S/C13H21N3O/c1-11(10-17)15-12-4-8-16(9-5-12)13-2-6-14-7-3-13/h2-3,6-7,11-12,15,17H,4-5,8-10H2,1H3. The first-order valence-electron chi connectivity index (χ1n) is 6.31. The van der Waals surface area contributed by atoms with Gasteiger partial charge in [0.15, 0.2) is 0 Å². The van der Waals surface area contributed by atoms with Crippen molar-refractivity contribution in [1.29, 1.82) is 0 Å². The molecular formula is C13H21N3O. The Morgan fingerprint density at radius 1 is 1.41 bits per heavy atom. The summed E-state index contributed by atoms with van der Waals surface area (Å²) < 4.78 is 0. The van der Waals surface area contributed by atoms with Crippen LogP contribution in [0.15, 0.2) is 24.5 Å². The van der Waals surface area contributed by atoms with E-state index in [1.54, 1.807) is 0 Å². The van der Waals surface area contributed by atoms with Crippen molar-refractivity contribution in [2.45, 2.75) is 31.8 Å². The molecule has 4 nitrogen and oxygen atoms in total. The molecule has 1 aromatic rings. The average Bonchev–Trinajstić information content (AvgIpc) is 2.40. The lowest BCUT2D eigenvalue weighted by Crippen LogP contribution is -2.46. The Morgan fingerprint density at radius 2 is 2.06 bits per heavy atom. The molecule has 4 heteroatoms. The lowest BCUT2D eigenvalue weighted by atomic mass is 10.0. The van der Waals surface area contributed by atoms with Gasteiger partial charge in [-0.3, -0.25) is 4.98 Å².